The van der Waals surface area contributed by atoms with Gasteiger partial charge in [-0.2, -0.15) is 0 Å². The Bertz CT molecular complexity index is 1070. The van der Waals surface area contributed by atoms with E-state index in [1.54, 1.807) is 13.3 Å². The fraction of sp³-hybridized carbons (Fsp3) is 0.130. The molecule has 0 aliphatic carbocycles. The summed E-state index contributed by atoms with van der Waals surface area (Å²) in [5.74, 6) is 1.71. The number of nitrogens with one attached hydrogen (secondary N) is 2. The molecule has 2 heterocycles. The number of nitrogens with zero attached hydrogens (tertiary/aromatic N) is 2. The highest BCUT2D eigenvalue weighted by molar-refractivity contribution is 5.83. The molecule has 0 amide bonds. The Kier molecular flexibility index (Phi) is 5.33. The van der Waals surface area contributed by atoms with Crippen LogP contribution in [0.15, 0.2) is 79.1 Å². The van der Waals surface area contributed by atoms with Crippen LogP contribution in [0.3, 0.4) is 0 Å². The molecule has 4 aromatic rings. The van der Waals surface area contributed by atoms with Gasteiger partial charge in [0.1, 0.15) is 11.6 Å². The lowest BCUT2D eigenvalue weighted by atomic mass is 10.2. The van der Waals surface area contributed by atoms with Crippen LogP contribution in [-0.2, 0) is 13.1 Å². The Morgan fingerprint density at radius 3 is 2.61 bits per heavy atom. The van der Waals surface area contributed by atoms with Gasteiger partial charge in [0, 0.05) is 36.6 Å². The number of fused-ring (bicyclic) bond motifs is 1. The molecular weight excluding hydrogens is 348 g/mol. The zero-order chi connectivity index (χ0) is 19.2. The molecule has 0 atom stereocenters. The van der Waals surface area contributed by atoms with Crippen LogP contribution in [0.2, 0.25) is 0 Å². The zero-order valence-corrected chi connectivity index (χ0v) is 15.7. The van der Waals surface area contributed by atoms with Crippen LogP contribution in [0, 0.1) is 0 Å². The van der Waals surface area contributed by atoms with Crippen molar-refractivity contribution in [2.24, 2.45) is 0 Å². The summed E-state index contributed by atoms with van der Waals surface area (Å²) in [6.45, 7) is 1.44. The van der Waals surface area contributed by atoms with Crippen molar-refractivity contribution in [1.29, 1.82) is 0 Å². The molecule has 5 nitrogen and oxygen atoms in total. The lowest BCUT2D eigenvalue weighted by Gasteiger charge is -2.10. The number of hydrogen-bond acceptors (Lipinski definition) is 5. The van der Waals surface area contributed by atoms with Gasteiger partial charge in [-0.25, -0.2) is 4.98 Å². The third-order valence-electron chi connectivity index (χ3n) is 4.52. The molecule has 0 bridgehead atoms. The van der Waals surface area contributed by atoms with Gasteiger partial charge in [0.15, 0.2) is 0 Å². The molecule has 28 heavy (non-hydrogen) atoms. The number of hydrogen-bond donors (Lipinski definition) is 2. The highest BCUT2D eigenvalue weighted by Crippen LogP contribution is 2.21. The maximum absolute atomic E-state index is 5.27. The van der Waals surface area contributed by atoms with Crippen molar-refractivity contribution in [2.45, 2.75) is 13.1 Å². The average molecular weight is 370 g/mol. The van der Waals surface area contributed by atoms with Crippen molar-refractivity contribution in [2.75, 3.05) is 17.7 Å². The summed E-state index contributed by atoms with van der Waals surface area (Å²) in [7, 11) is 1.68. The summed E-state index contributed by atoms with van der Waals surface area (Å²) < 4.78 is 5.27. The monoisotopic (exact) mass is 370 g/mol. The van der Waals surface area contributed by atoms with Crippen molar-refractivity contribution < 1.29 is 4.74 Å². The van der Waals surface area contributed by atoms with Crippen molar-refractivity contribution >= 4 is 22.4 Å². The molecule has 2 aromatic carbocycles. The molecule has 4 rings (SSSR count). The van der Waals surface area contributed by atoms with Crippen LogP contribution in [-0.4, -0.2) is 17.1 Å². The van der Waals surface area contributed by atoms with Crippen LogP contribution in [0.25, 0.3) is 10.9 Å². The Hall–Kier alpha value is -3.60. The van der Waals surface area contributed by atoms with Crippen LogP contribution in [0.4, 0.5) is 11.5 Å². The summed E-state index contributed by atoms with van der Waals surface area (Å²) in [6, 6.07) is 22.3. The van der Waals surface area contributed by atoms with Gasteiger partial charge in [-0.05, 0) is 59.7 Å². The highest BCUT2D eigenvalue weighted by Gasteiger charge is 2.02. The van der Waals surface area contributed by atoms with E-state index in [-0.39, 0.29) is 0 Å². The summed E-state index contributed by atoms with van der Waals surface area (Å²) in [4.78, 5) is 8.85. The van der Waals surface area contributed by atoms with Gasteiger partial charge in [0.25, 0.3) is 0 Å². The van der Waals surface area contributed by atoms with E-state index in [1.807, 2.05) is 42.6 Å². The largest absolute Gasteiger partial charge is 0.497 e. The second kappa shape index (κ2) is 8.39. The molecule has 5 heteroatoms. The van der Waals surface area contributed by atoms with E-state index in [9.17, 15) is 0 Å². The first-order valence-corrected chi connectivity index (χ1v) is 9.20. The molecule has 140 valence electrons. The molecular formula is C23H22N4O. The van der Waals surface area contributed by atoms with Gasteiger partial charge in [-0.15, -0.1) is 0 Å². The molecule has 0 saturated heterocycles. The first-order valence-electron chi connectivity index (χ1n) is 9.20. The fourth-order valence-electron chi connectivity index (χ4n) is 3.02. The predicted octanol–water partition coefficient (Wildman–Crippen LogP) is 4.86. The lowest BCUT2D eigenvalue weighted by Crippen LogP contribution is -2.02. The first kappa shape index (κ1) is 17.8. The maximum atomic E-state index is 5.27. The molecule has 0 fully saturated rings. The van der Waals surface area contributed by atoms with Gasteiger partial charge in [-0.1, -0.05) is 18.2 Å². The number of rotatable bonds is 7. The van der Waals surface area contributed by atoms with E-state index in [0.717, 1.165) is 45.8 Å². The third-order valence-corrected chi connectivity index (χ3v) is 4.52. The highest BCUT2D eigenvalue weighted by atomic mass is 16.5. The molecule has 0 saturated carbocycles. The Morgan fingerprint density at radius 1 is 0.857 bits per heavy atom. The van der Waals surface area contributed by atoms with E-state index in [4.69, 9.17) is 9.72 Å². The molecule has 0 aliphatic rings. The van der Waals surface area contributed by atoms with Gasteiger partial charge in [0.2, 0.25) is 0 Å². The number of methoxy groups -OCH3 is 1. The summed E-state index contributed by atoms with van der Waals surface area (Å²) in [5.41, 5.74) is 4.33. The standard InChI is InChI=1S/C23H22N4O/c1-28-21-6-2-4-17(12-21)15-26-23-10-7-19-13-20(8-9-22(19)27-23)25-16-18-5-3-11-24-14-18/h2-14,25H,15-16H2,1H3,(H,26,27). The van der Waals surface area contributed by atoms with Crippen molar-refractivity contribution in [1.82, 2.24) is 9.97 Å². The summed E-state index contributed by atoms with van der Waals surface area (Å²) in [6.07, 6.45) is 3.65. The van der Waals surface area contributed by atoms with Crippen LogP contribution in [0.5, 0.6) is 5.75 Å². The molecule has 0 aliphatic heterocycles. The van der Waals surface area contributed by atoms with Crippen LogP contribution in [0.1, 0.15) is 11.1 Å². The SMILES string of the molecule is COc1cccc(CNc2ccc3cc(NCc4cccnc4)ccc3n2)c1. The van der Waals surface area contributed by atoms with Gasteiger partial charge in [0.05, 0.1) is 12.6 Å². The quantitative estimate of drug-likeness (QED) is 0.486. The van der Waals surface area contributed by atoms with E-state index in [1.165, 1.54) is 0 Å². The topological polar surface area (TPSA) is 59.1 Å². The van der Waals surface area contributed by atoms with Crippen LogP contribution >= 0.6 is 0 Å². The van der Waals surface area contributed by atoms with E-state index in [0.29, 0.717) is 6.54 Å². The predicted molar refractivity (Wildman–Crippen MR) is 114 cm³/mol. The number of ether oxygens (including phenoxy) is 1. The van der Waals surface area contributed by atoms with Gasteiger partial charge >= 0.3 is 0 Å². The van der Waals surface area contributed by atoms with E-state index >= 15 is 0 Å². The Morgan fingerprint density at radius 2 is 1.75 bits per heavy atom. The van der Waals surface area contributed by atoms with E-state index in [2.05, 4.69) is 45.9 Å². The molecule has 2 N–H and O–H groups in total. The molecule has 0 spiro atoms. The van der Waals surface area contributed by atoms with Crippen LogP contribution < -0.4 is 15.4 Å². The minimum absolute atomic E-state index is 0.695. The second-order valence-corrected chi connectivity index (χ2v) is 6.52. The minimum Gasteiger partial charge on any atom is -0.497 e. The maximum Gasteiger partial charge on any atom is 0.126 e. The average Bonchev–Trinajstić information content (AvgIpc) is 2.77. The number of benzene rings is 2. The summed E-state index contributed by atoms with van der Waals surface area (Å²) in [5, 5.41) is 7.91. The van der Waals surface area contributed by atoms with Gasteiger partial charge < -0.3 is 15.4 Å². The zero-order valence-electron chi connectivity index (χ0n) is 15.7. The second-order valence-electron chi connectivity index (χ2n) is 6.52. The fourth-order valence-corrected chi connectivity index (χ4v) is 3.02. The molecule has 0 radical (unpaired) electrons. The molecule has 0 unspecified atom stereocenters. The van der Waals surface area contributed by atoms with E-state index < -0.39 is 0 Å². The lowest BCUT2D eigenvalue weighted by molar-refractivity contribution is 0.414. The number of pyridine rings is 2. The summed E-state index contributed by atoms with van der Waals surface area (Å²) >= 11 is 0. The Balaban J connectivity index is 1.42. The third kappa shape index (κ3) is 4.38. The Labute approximate surface area is 164 Å². The number of aromatic nitrogens is 2. The minimum atomic E-state index is 0.695. The van der Waals surface area contributed by atoms with Crippen molar-refractivity contribution in [3.05, 3.63) is 90.3 Å². The van der Waals surface area contributed by atoms with Gasteiger partial charge in [-0.3, -0.25) is 4.98 Å². The molecule has 2 aromatic heterocycles. The normalized spacial score (nSPS) is 10.6. The number of anilines is 2. The van der Waals surface area contributed by atoms with Crippen molar-refractivity contribution in [3.63, 3.8) is 0 Å². The van der Waals surface area contributed by atoms with Crippen molar-refractivity contribution in [3.8, 4) is 5.75 Å². The smallest absolute Gasteiger partial charge is 0.126 e. The first-order chi connectivity index (χ1) is 13.8.